The lowest BCUT2D eigenvalue weighted by molar-refractivity contribution is 1.30. The van der Waals surface area contributed by atoms with Crippen LogP contribution in [0.5, 0.6) is 0 Å². The van der Waals surface area contributed by atoms with Gasteiger partial charge in [-0.1, -0.05) is 36.4 Å². The summed E-state index contributed by atoms with van der Waals surface area (Å²) in [7, 11) is 0. The minimum Gasteiger partial charge on any atom is -0.256 e. The zero-order valence-corrected chi connectivity index (χ0v) is 9.70. The summed E-state index contributed by atoms with van der Waals surface area (Å²) < 4.78 is 0. The molecular formula is C15H15N. The van der Waals surface area contributed by atoms with E-state index in [4.69, 9.17) is 0 Å². The predicted octanol–water partition coefficient (Wildman–Crippen LogP) is 4.09. The second-order valence-electron chi connectivity index (χ2n) is 4.05. The first-order valence-electron chi connectivity index (χ1n) is 5.36. The number of nitrogens with zero attached hydrogens (tertiary/aromatic N) is 1. The third kappa shape index (κ3) is 2.03. The number of hydrogen-bond acceptors (Lipinski definition) is 1. The monoisotopic (exact) mass is 209 g/mol. The molecule has 0 atom stereocenters. The molecule has 16 heavy (non-hydrogen) atoms. The molecule has 0 aliphatic rings. The molecule has 1 heterocycles. The predicted molar refractivity (Wildman–Crippen MR) is 69.1 cm³/mol. The number of pyridine rings is 1. The maximum Gasteiger partial charge on any atom is 0.0776 e. The summed E-state index contributed by atoms with van der Waals surface area (Å²) in [6, 6.07) is 12.4. The van der Waals surface area contributed by atoms with E-state index in [0.29, 0.717) is 0 Å². The van der Waals surface area contributed by atoms with Crippen LogP contribution < -0.4 is 0 Å². The Morgan fingerprint density at radius 3 is 2.69 bits per heavy atom. The van der Waals surface area contributed by atoms with E-state index in [0.717, 1.165) is 22.4 Å². The molecule has 0 unspecified atom stereocenters. The van der Waals surface area contributed by atoms with Crippen molar-refractivity contribution < 1.29 is 0 Å². The Morgan fingerprint density at radius 1 is 1.19 bits per heavy atom. The average molecular weight is 209 g/mol. The van der Waals surface area contributed by atoms with Crippen LogP contribution in [-0.2, 0) is 0 Å². The molecule has 1 nitrogen and oxygen atoms in total. The number of benzene rings is 1. The van der Waals surface area contributed by atoms with Crippen molar-refractivity contribution in [1.29, 1.82) is 0 Å². The van der Waals surface area contributed by atoms with Crippen molar-refractivity contribution in [3.8, 4) is 11.3 Å². The minimum atomic E-state index is 1.01. The minimum absolute atomic E-state index is 1.01. The van der Waals surface area contributed by atoms with Gasteiger partial charge < -0.3 is 0 Å². The van der Waals surface area contributed by atoms with Gasteiger partial charge in [-0.05, 0) is 31.6 Å². The lowest BCUT2D eigenvalue weighted by Gasteiger charge is -2.08. The van der Waals surface area contributed by atoms with Crippen LogP contribution >= 0.6 is 0 Å². The van der Waals surface area contributed by atoms with E-state index >= 15 is 0 Å². The highest BCUT2D eigenvalue weighted by molar-refractivity contribution is 5.77. The summed E-state index contributed by atoms with van der Waals surface area (Å²) in [6.45, 7) is 8.09. The van der Waals surface area contributed by atoms with Crippen LogP contribution in [0.15, 0.2) is 49.2 Å². The van der Waals surface area contributed by atoms with Gasteiger partial charge >= 0.3 is 0 Å². The Hall–Kier alpha value is -1.89. The molecule has 1 heteroatoms. The average Bonchev–Trinajstić information content (AvgIpc) is 2.29. The molecule has 0 saturated heterocycles. The molecular weight excluding hydrogens is 194 g/mol. The van der Waals surface area contributed by atoms with E-state index in [1.807, 2.05) is 19.2 Å². The van der Waals surface area contributed by atoms with Crippen LogP contribution in [0.4, 0.5) is 0 Å². The summed E-state index contributed by atoms with van der Waals surface area (Å²) in [5, 5.41) is 0. The van der Waals surface area contributed by atoms with Gasteiger partial charge in [-0.3, -0.25) is 4.98 Å². The van der Waals surface area contributed by atoms with Crippen LogP contribution in [0.3, 0.4) is 0 Å². The van der Waals surface area contributed by atoms with E-state index in [2.05, 4.69) is 48.8 Å². The standard InChI is InChI=1S/C15H15N/c1-11(2)14-8-5-9-16-15(14)13-7-4-6-12(3)10-13/h4-10H,1H2,2-3H3. The summed E-state index contributed by atoms with van der Waals surface area (Å²) in [4.78, 5) is 4.45. The first-order chi connectivity index (χ1) is 7.68. The Balaban J connectivity index is 2.60. The number of hydrogen-bond donors (Lipinski definition) is 0. The van der Waals surface area contributed by atoms with Crippen molar-refractivity contribution in [3.05, 3.63) is 60.3 Å². The van der Waals surface area contributed by atoms with Crippen molar-refractivity contribution in [2.24, 2.45) is 0 Å². The molecule has 1 aromatic carbocycles. The molecule has 2 aromatic rings. The number of allylic oxidation sites excluding steroid dienone is 1. The maximum absolute atomic E-state index is 4.45. The fourth-order valence-corrected chi connectivity index (χ4v) is 1.77. The molecule has 0 spiro atoms. The SMILES string of the molecule is C=C(C)c1cccnc1-c1cccc(C)c1. The first kappa shape index (κ1) is 10.6. The van der Waals surface area contributed by atoms with Gasteiger partial charge in [0.1, 0.15) is 0 Å². The Morgan fingerprint density at radius 2 is 2.00 bits per heavy atom. The van der Waals surface area contributed by atoms with Gasteiger partial charge in [-0.25, -0.2) is 0 Å². The van der Waals surface area contributed by atoms with E-state index in [1.165, 1.54) is 5.56 Å². The fourth-order valence-electron chi connectivity index (χ4n) is 1.77. The van der Waals surface area contributed by atoms with Crippen LogP contribution in [0, 0.1) is 6.92 Å². The van der Waals surface area contributed by atoms with Gasteiger partial charge in [0.25, 0.3) is 0 Å². The third-order valence-electron chi connectivity index (χ3n) is 2.56. The van der Waals surface area contributed by atoms with Crippen LogP contribution in [0.1, 0.15) is 18.1 Å². The molecule has 0 bridgehead atoms. The van der Waals surface area contributed by atoms with Gasteiger partial charge in [0.15, 0.2) is 0 Å². The number of aryl methyl sites for hydroxylation is 1. The van der Waals surface area contributed by atoms with Crippen LogP contribution in [0.2, 0.25) is 0 Å². The van der Waals surface area contributed by atoms with Crippen molar-refractivity contribution in [2.45, 2.75) is 13.8 Å². The second kappa shape index (κ2) is 4.31. The van der Waals surface area contributed by atoms with E-state index in [9.17, 15) is 0 Å². The normalized spacial score (nSPS) is 10.1. The lowest BCUT2D eigenvalue weighted by atomic mass is 10.0. The van der Waals surface area contributed by atoms with Gasteiger partial charge in [-0.2, -0.15) is 0 Å². The summed E-state index contributed by atoms with van der Waals surface area (Å²) >= 11 is 0. The first-order valence-corrected chi connectivity index (χ1v) is 5.36. The van der Waals surface area contributed by atoms with Gasteiger partial charge in [0.05, 0.1) is 5.69 Å². The van der Waals surface area contributed by atoms with Crippen LogP contribution in [0.25, 0.3) is 16.8 Å². The van der Waals surface area contributed by atoms with E-state index in [-0.39, 0.29) is 0 Å². The van der Waals surface area contributed by atoms with Crippen molar-refractivity contribution in [2.75, 3.05) is 0 Å². The fraction of sp³-hybridized carbons (Fsp3) is 0.133. The molecule has 0 fully saturated rings. The molecule has 0 amide bonds. The molecule has 2 rings (SSSR count). The highest BCUT2D eigenvalue weighted by Gasteiger charge is 2.06. The zero-order valence-electron chi connectivity index (χ0n) is 9.70. The van der Waals surface area contributed by atoms with E-state index < -0.39 is 0 Å². The molecule has 0 aliphatic heterocycles. The largest absolute Gasteiger partial charge is 0.256 e. The zero-order chi connectivity index (χ0) is 11.5. The lowest BCUT2D eigenvalue weighted by Crippen LogP contribution is -1.90. The second-order valence-corrected chi connectivity index (χ2v) is 4.05. The van der Waals surface area contributed by atoms with Gasteiger partial charge in [0.2, 0.25) is 0 Å². The van der Waals surface area contributed by atoms with Crippen LogP contribution in [-0.4, -0.2) is 4.98 Å². The third-order valence-corrected chi connectivity index (χ3v) is 2.56. The summed E-state index contributed by atoms with van der Waals surface area (Å²) in [5.74, 6) is 0. The van der Waals surface area contributed by atoms with Crippen molar-refractivity contribution in [1.82, 2.24) is 4.98 Å². The Labute approximate surface area is 96.5 Å². The molecule has 0 aliphatic carbocycles. The van der Waals surface area contributed by atoms with Crippen molar-refractivity contribution >= 4 is 5.57 Å². The molecule has 0 radical (unpaired) electrons. The quantitative estimate of drug-likeness (QED) is 0.726. The van der Waals surface area contributed by atoms with E-state index in [1.54, 1.807) is 0 Å². The molecule has 0 N–H and O–H groups in total. The maximum atomic E-state index is 4.45. The number of aromatic nitrogens is 1. The topological polar surface area (TPSA) is 12.9 Å². The van der Waals surface area contributed by atoms with Gasteiger partial charge in [-0.15, -0.1) is 0 Å². The molecule has 80 valence electrons. The summed E-state index contributed by atoms with van der Waals surface area (Å²) in [6.07, 6.45) is 1.82. The smallest absolute Gasteiger partial charge is 0.0776 e. The highest BCUT2D eigenvalue weighted by Crippen LogP contribution is 2.26. The Kier molecular flexibility index (Phi) is 2.86. The summed E-state index contributed by atoms with van der Waals surface area (Å²) in [5.41, 5.74) is 5.57. The van der Waals surface area contributed by atoms with Crippen molar-refractivity contribution in [3.63, 3.8) is 0 Å². The number of rotatable bonds is 2. The van der Waals surface area contributed by atoms with Gasteiger partial charge in [0, 0.05) is 17.3 Å². The molecule has 0 saturated carbocycles. The molecule has 1 aromatic heterocycles. The Bertz CT molecular complexity index is 526. The highest BCUT2D eigenvalue weighted by atomic mass is 14.7.